The molecular formula is C27H35F2N3O5. The summed E-state index contributed by atoms with van der Waals surface area (Å²) >= 11 is 0. The number of nitrogens with zero attached hydrogens (tertiary/aromatic N) is 1. The molecule has 2 heterocycles. The van der Waals surface area contributed by atoms with E-state index in [1.54, 1.807) is 0 Å². The van der Waals surface area contributed by atoms with E-state index in [0.717, 1.165) is 56.2 Å². The number of aliphatic carboxylic acids is 1. The Morgan fingerprint density at radius 3 is 2.70 bits per heavy atom. The minimum absolute atomic E-state index is 0.00360. The number of anilines is 1. The summed E-state index contributed by atoms with van der Waals surface area (Å²) in [4.78, 5) is 29.3. The SMILES string of the molecule is COc1ccc(F)c(F)c1C(C)(C)C(=O)NC(CCOCCCCc1ccc2c(n1)NCCC2)C(=O)O. The molecule has 0 spiro atoms. The zero-order chi connectivity index (χ0) is 27.0. The lowest BCUT2D eigenvalue weighted by Crippen LogP contribution is -2.49. The molecule has 10 heteroatoms. The number of nitrogens with one attached hydrogen (secondary N) is 2. The van der Waals surface area contributed by atoms with Gasteiger partial charge in [-0.05, 0) is 69.7 Å². The maximum absolute atomic E-state index is 14.6. The number of carboxylic acids is 1. The van der Waals surface area contributed by atoms with Crippen LogP contribution in [0.5, 0.6) is 5.75 Å². The van der Waals surface area contributed by atoms with Gasteiger partial charge in [-0.15, -0.1) is 0 Å². The maximum atomic E-state index is 14.6. The highest BCUT2D eigenvalue weighted by Gasteiger charge is 2.38. The van der Waals surface area contributed by atoms with E-state index in [2.05, 4.69) is 27.8 Å². The number of carbonyl (C=O) groups is 2. The average molecular weight is 520 g/mol. The van der Waals surface area contributed by atoms with E-state index < -0.39 is 35.0 Å². The monoisotopic (exact) mass is 519 g/mol. The summed E-state index contributed by atoms with van der Waals surface area (Å²) < 4.78 is 39.1. The van der Waals surface area contributed by atoms with Crippen molar-refractivity contribution in [3.8, 4) is 5.75 Å². The zero-order valence-corrected chi connectivity index (χ0v) is 21.5. The number of benzene rings is 1. The van der Waals surface area contributed by atoms with Crippen LogP contribution in [0.25, 0.3) is 0 Å². The molecule has 0 radical (unpaired) electrons. The average Bonchev–Trinajstić information content (AvgIpc) is 2.88. The molecule has 37 heavy (non-hydrogen) atoms. The van der Waals surface area contributed by atoms with Crippen LogP contribution >= 0.6 is 0 Å². The molecule has 1 aliphatic heterocycles. The molecule has 0 aliphatic carbocycles. The Bertz CT molecular complexity index is 1110. The van der Waals surface area contributed by atoms with Crippen molar-refractivity contribution in [1.29, 1.82) is 0 Å². The fourth-order valence-electron chi connectivity index (χ4n) is 4.32. The topological polar surface area (TPSA) is 110 Å². The summed E-state index contributed by atoms with van der Waals surface area (Å²) in [6.45, 7) is 4.27. The summed E-state index contributed by atoms with van der Waals surface area (Å²) in [6.07, 6.45) is 4.67. The molecule has 1 aromatic carbocycles. The largest absolute Gasteiger partial charge is 0.496 e. The highest BCUT2D eigenvalue weighted by molar-refractivity contribution is 5.91. The lowest BCUT2D eigenvalue weighted by Gasteiger charge is -2.28. The molecular weight excluding hydrogens is 484 g/mol. The highest BCUT2D eigenvalue weighted by atomic mass is 19.2. The first-order valence-corrected chi connectivity index (χ1v) is 12.5. The van der Waals surface area contributed by atoms with E-state index in [1.807, 2.05) is 0 Å². The predicted octanol–water partition coefficient (Wildman–Crippen LogP) is 4.00. The Morgan fingerprint density at radius 2 is 1.97 bits per heavy atom. The molecule has 1 aromatic heterocycles. The van der Waals surface area contributed by atoms with Gasteiger partial charge in [-0.1, -0.05) is 6.07 Å². The summed E-state index contributed by atoms with van der Waals surface area (Å²) in [7, 11) is 1.28. The Balaban J connectivity index is 1.45. The van der Waals surface area contributed by atoms with E-state index in [0.29, 0.717) is 6.61 Å². The van der Waals surface area contributed by atoms with Crippen LogP contribution in [0, 0.1) is 11.6 Å². The molecule has 0 bridgehead atoms. The fraction of sp³-hybridized carbons (Fsp3) is 0.519. The standard InChI is InChI=1S/C27H35F2N3O5/c1-27(2,22-21(36-3)12-11-19(28)23(22)29)26(35)32-20(25(33)34)13-16-37-15-5-4-8-18-10-9-17-7-6-14-30-24(17)31-18/h9-12,20H,4-8,13-16H2,1-3H3,(H,30,31)(H,32,35)(H,33,34). The van der Waals surface area contributed by atoms with E-state index >= 15 is 0 Å². The van der Waals surface area contributed by atoms with Gasteiger partial charge < -0.3 is 25.2 Å². The second-order valence-corrected chi connectivity index (χ2v) is 9.63. The molecule has 202 valence electrons. The Morgan fingerprint density at radius 1 is 1.19 bits per heavy atom. The van der Waals surface area contributed by atoms with Crippen molar-refractivity contribution in [3.63, 3.8) is 0 Å². The van der Waals surface area contributed by atoms with E-state index in [9.17, 15) is 23.5 Å². The molecule has 8 nitrogen and oxygen atoms in total. The molecule has 1 unspecified atom stereocenters. The number of unbranched alkanes of at least 4 members (excludes halogenated alkanes) is 1. The zero-order valence-electron chi connectivity index (χ0n) is 21.5. The third kappa shape index (κ3) is 7.15. The van der Waals surface area contributed by atoms with Gasteiger partial charge in [0.05, 0.1) is 12.5 Å². The van der Waals surface area contributed by atoms with Gasteiger partial charge in [0.2, 0.25) is 5.91 Å². The van der Waals surface area contributed by atoms with Crippen molar-refractivity contribution in [2.45, 2.75) is 63.8 Å². The number of hydrogen-bond donors (Lipinski definition) is 3. The number of rotatable bonds is 13. The minimum atomic E-state index is -1.59. The van der Waals surface area contributed by atoms with Gasteiger partial charge in [0.1, 0.15) is 17.6 Å². The number of hydrogen-bond acceptors (Lipinski definition) is 6. The van der Waals surface area contributed by atoms with Crippen molar-refractivity contribution in [2.75, 3.05) is 32.2 Å². The van der Waals surface area contributed by atoms with Gasteiger partial charge in [-0.3, -0.25) is 4.79 Å². The molecule has 0 saturated carbocycles. The van der Waals surface area contributed by atoms with Gasteiger partial charge >= 0.3 is 5.97 Å². The number of methoxy groups -OCH3 is 1. The Labute approximate surface area is 215 Å². The summed E-state index contributed by atoms with van der Waals surface area (Å²) in [5, 5.41) is 15.3. The first kappa shape index (κ1) is 28.3. The first-order chi connectivity index (χ1) is 17.6. The van der Waals surface area contributed by atoms with Crippen molar-refractivity contribution in [3.05, 3.63) is 52.7 Å². The Hall–Kier alpha value is -3.27. The first-order valence-electron chi connectivity index (χ1n) is 12.5. The third-order valence-electron chi connectivity index (χ3n) is 6.55. The van der Waals surface area contributed by atoms with Crippen molar-refractivity contribution < 1.29 is 33.0 Å². The number of aryl methyl sites for hydroxylation is 2. The van der Waals surface area contributed by atoms with Crippen LogP contribution in [0.1, 0.15) is 56.4 Å². The van der Waals surface area contributed by atoms with Crippen LogP contribution in [-0.4, -0.2) is 54.9 Å². The van der Waals surface area contributed by atoms with Crippen molar-refractivity contribution in [2.24, 2.45) is 0 Å². The number of carbonyl (C=O) groups excluding carboxylic acids is 1. The normalized spacial score (nSPS) is 13.9. The van der Waals surface area contributed by atoms with Gasteiger partial charge in [-0.25, -0.2) is 18.6 Å². The molecule has 1 aliphatic rings. The fourth-order valence-corrected chi connectivity index (χ4v) is 4.32. The second-order valence-electron chi connectivity index (χ2n) is 9.63. The van der Waals surface area contributed by atoms with Gasteiger partial charge in [0.15, 0.2) is 11.6 Å². The summed E-state index contributed by atoms with van der Waals surface area (Å²) in [6, 6.07) is 5.06. The number of ether oxygens (including phenoxy) is 2. The number of fused-ring (bicyclic) bond motifs is 1. The maximum Gasteiger partial charge on any atom is 0.326 e. The van der Waals surface area contributed by atoms with Crippen LogP contribution in [0.2, 0.25) is 0 Å². The highest BCUT2D eigenvalue weighted by Crippen LogP contribution is 2.35. The third-order valence-corrected chi connectivity index (χ3v) is 6.55. The molecule has 1 atom stereocenters. The molecule has 0 saturated heterocycles. The number of amides is 1. The van der Waals surface area contributed by atoms with Gasteiger partial charge in [0.25, 0.3) is 0 Å². The van der Waals surface area contributed by atoms with Crippen LogP contribution < -0.4 is 15.4 Å². The summed E-state index contributed by atoms with van der Waals surface area (Å²) in [5.41, 5.74) is 0.404. The lowest BCUT2D eigenvalue weighted by molar-refractivity contribution is -0.143. The van der Waals surface area contributed by atoms with E-state index in [4.69, 9.17) is 9.47 Å². The predicted molar refractivity (Wildman–Crippen MR) is 135 cm³/mol. The van der Waals surface area contributed by atoms with Crippen molar-refractivity contribution in [1.82, 2.24) is 10.3 Å². The Kier molecular flexibility index (Phi) is 9.79. The van der Waals surface area contributed by atoms with Crippen LogP contribution in [0.3, 0.4) is 0 Å². The van der Waals surface area contributed by atoms with Crippen molar-refractivity contribution >= 4 is 17.7 Å². The van der Waals surface area contributed by atoms with E-state index in [1.165, 1.54) is 32.6 Å². The number of pyridine rings is 1. The van der Waals surface area contributed by atoms with Gasteiger partial charge in [-0.2, -0.15) is 0 Å². The smallest absolute Gasteiger partial charge is 0.326 e. The number of halogens is 2. The van der Waals surface area contributed by atoms with E-state index in [-0.39, 0.29) is 24.3 Å². The van der Waals surface area contributed by atoms with Crippen LogP contribution in [0.15, 0.2) is 24.3 Å². The molecule has 1 amide bonds. The second kappa shape index (κ2) is 12.8. The number of carboxylic acid groups (broad SMARTS) is 1. The molecule has 3 N–H and O–H groups in total. The quantitative estimate of drug-likeness (QED) is 0.343. The van der Waals surface area contributed by atoms with Crippen LogP contribution in [-0.2, 0) is 32.6 Å². The molecule has 0 fully saturated rings. The minimum Gasteiger partial charge on any atom is -0.496 e. The molecule has 2 aromatic rings. The van der Waals surface area contributed by atoms with Crippen LogP contribution in [0.4, 0.5) is 14.6 Å². The molecule has 3 rings (SSSR count). The number of aromatic nitrogens is 1. The van der Waals surface area contributed by atoms with Gasteiger partial charge in [0, 0.05) is 37.4 Å². The summed E-state index contributed by atoms with van der Waals surface area (Å²) in [5.74, 6) is -3.38. The lowest BCUT2D eigenvalue weighted by atomic mass is 9.82.